The SMILES string of the molecule is CCC(O)COCCCCC1=CC(=O)CCC1. The van der Waals surface area contributed by atoms with Crippen LogP contribution in [0.15, 0.2) is 11.6 Å². The molecule has 1 N–H and O–H groups in total. The summed E-state index contributed by atoms with van der Waals surface area (Å²) in [6, 6.07) is 0. The maximum atomic E-state index is 11.2. The van der Waals surface area contributed by atoms with Gasteiger partial charge in [0, 0.05) is 13.0 Å². The third-order valence-corrected chi connectivity index (χ3v) is 3.10. The van der Waals surface area contributed by atoms with Gasteiger partial charge < -0.3 is 9.84 Å². The normalized spacial score (nSPS) is 18.0. The monoisotopic (exact) mass is 240 g/mol. The van der Waals surface area contributed by atoms with Crippen LogP contribution >= 0.6 is 0 Å². The lowest BCUT2D eigenvalue weighted by Crippen LogP contribution is -2.14. The Bertz CT molecular complexity index is 258. The minimum atomic E-state index is -0.325. The Morgan fingerprint density at radius 2 is 2.24 bits per heavy atom. The Kier molecular flexibility index (Phi) is 7.13. The molecule has 0 aromatic rings. The molecule has 0 spiro atoms. The van der Waals surface area contributed by atoms with Crippen molar-refractivity contribution < 1.29 is 14.6 Å². The summed E-state index contributed by atoms with van der Waals surface area (Å²) in [6.45, 7) is 3.09. The molecule has 0 saturated heterocycles. The van der Waals surface area contributed by atoms with Crippen LogP contribution in [0.1, 0.15) is 51.9 Å². The van der Waals surface area contributed by atoms with Gasteiger partial charge in [0.15, 0.2) is 5.78 Å². The number of carbonyl (C=O) groups excluding carboxylic acids is 1. The second kappa shape index (κ2) is 8.43. The number of allylic oxidation sites excluding steroid dienone is 2. The molecule has 0 amide bonds. The maximum Gasteiger partial charge on any atom is 0.155 e. The molecule has 1 unspecified atom stereocenters. The highest BCUT2D eigenvalue weighted by molar-refractivity contribution is 5.91. The molecular weight excluding hydrogens is 216 g/mol. The number of hydrogen-bond acceptors (Lipinski definition) is 3. The number of aliphatic hydroxyl groups excluding tert-OH is 1. The minimum absolute atomic E-state index is 0.286. The van der Waals surface area contributed by atoms with Crippen molar-refractivity contribution in [1.29, 1.82) is 0 Å². The highest BCUT2D eigenvalue weighted by Gasteiger charge is 2.09. The molecule has 0 fully saturated rings. The molecule has 0 heterocycles. The third kappa shape index (κ3) is 6.59. The van der Waals surface area contributed by atoms with Crippen molar-refractivity contribution in [2.24, 2.45) is 0 Å². The van der Waals surface area contributed by atoms with Gasteiger partial charge in [0.1, 0.15) is 0 Å². The Balaban J connectivity index is 1.99. The molecule has 3 nitrogen and oxygen atoms in total. The first-order chi connectivity index (χ1) is 8.22. The lowest BCUT2D eigenvalue weighted by atomic mass is 9.95. The highest BCUT2D eigenvalue weighted by atomic mass is 16.5. The lowest BCUT2D eigenvalue weighted by Gasteiger charge is -2.12. The van der Waals surface area contributed by atoms with Crippen LogP contribution in [0.3, 0.4) is 0 Å². The molecule has 1 rings (SSSR count). The molecule has 3 heteroatoms. The minimum Gasteiger partial charge on any atom is -0.391 e. The number of carbonyl (C=O) groups is 1. The van der Waals surface area contributed by atoms with E-state index < -0.39 is 0 Å². The molecular formula is C14H24O3. The van der Waals surface area contributed by atoms with E-state index in [1.807, 2.05) is 13.0 Å². The molecule has 0 saturated carbocycles. The van der Waals surface area contributed by atoms with Crippen molar-refractivity contribution in [3.63, 3.8) is 0 Å². The number of rotatable bonds is 8. The van der Waals surface area contributed by atoms with Crippen LogP contribution in [-0.2, 0) is 9.53 Å². The van der Waals surface area contributed by atoms with Crippen LogP contribution in [0, 0.1) is 0 Å². The van der Waals surface area contributed by atoms with Crippen LogP contribution in [0.5, 0.6) is 0 Å². The summed E-state index contributed by atoms with van der Waals surface area (Å²) in [7, 11) is 0. The van der Waals surface area contributed by atoms with Crippen LogP contribution in [0.25, 0.3) is 0 Å². The molecule has 0 aliphatic heterocycles. The second-order valence-electron chi connectivity index (χ2n) is 4.72. The molecule has 1 aliphatic carbocycles. The molecule has 0 aromatic heterocycles. The van der Waals surface area contributed by atoms with Crippen molar-refractivity contribution >= 4 is 5.78 Å². The quantitative estimate of drug-likeness (QED) is 0.663. The topological polar surface area (TPSA) is 46.5 Å². The van der Waals surface area contributed by atoms with Crippen LogP contribution in [0.4, 0.5) is 0 Å². The van der Waals surface area contributed by atoms with Crippen molar-refractivity contribution in [1.82, 2.24) is 0 Å². The average Bonchev–Trinajstić information content (AvgIpc) is 2.33. The van der Waals surface area contributed by atoms with Crippen LogP contribution in [0.2, 0.25) is 0 Å². The summed E-state index contributed by atoms with van der Waals surface area (Å²) in [5.74, 6) is 0.286. The number of unbranched alkanes of at least 4 members (excludes halogenated alkanes) is 1. The first kappa shape index (κ1) is 14.4. The fourth-order valence-electron chi connectivity index (χ4n) is 1.95. The van der Waals surface area contributed by atoms with E-state index in [1.165, 1.54) is 5.57 Å². The molecule has 0 aromatic carbocycles. The zero-order valence-electron chi connectivity index (χ0n) is 10.8. The Hall–Kier alpha value is -0.670. The van der Waals surface area contributed by atoms with Gasteiger partial charge in [-0.2, -0.15) is 0 Å². The predicted octanol–water partition coefficient (Wildman–Crippen LogP) is 2.62. The zero-order chi connectivity index (χ0) is 12.5. The number of ether oxygens (including phenoxy) is 1. The maximum absolute atomic E-state index is 11.2. The van der Waals surface area contributed by atoms with E-state index in [1.54, 1.807) is 0 Å². The van der Waals surface area contributed by atoms with Gasteiger partial charge in [-0.3, -0.25) is 4.79 Å². The molecule has 0 bridgehead atoms. The highest BCUT2D eigenvalue weighted by Crippen LogP contribution is 2.20. The molecule has 1 atom stereocenters. The summed E-state index contributed by atoms with van der Waals surface area (Å²) in [5, 5.41) is 9.28. The Morgan fingerprint density at radius 1 is 1.41 bits per heavy atom. The summed E-state index contributed by atoms with van der Waals surface area (Å²) >= 11 is 0. The van der Waals surface area contributed by atoms with Gasteiger partial charge in [-0.1, -0.05) is 12.5 Å². The first-order valence-corrected chi connectivity index (χ1v) is 6.70. The summed E-state index contributed by atoms with van der Waals surface area (Å²) in [6.07, 6.45) is 8.16. The van der Waals surface area contributed by atoms with E-state index in [0.29, 0.717) is 13.2 Å². The second-order valence-corrected chi connectivity index (χ2v) is 4.72. The fourth-order valence-corrected chi connectivity index (χ4v) is 1.95. The Morgan fingerprint density at radius 3 is 2.94 bits per heavy atom. The van der Waals surface area contributed by atoms with E-state index >= 15 is 0 Å². The van der Waals surface area contributed by atoms with Crippen molar-refractivity contribution in [2.75, 3.05) is 13.2 Å². The fraction of sp³-hybridized carbons (Fsp3) is 0.786. The first-order valence-electron chi connectivity index (χ1n) is 6.70. The van der Waals surface area contributed by atoms with Gasteiger partial charge in [0.2, 0.25) is 0 Å². The van der Waals surface area contributed by atoms with Gasteiger partial charge in [-0.15, -0.1) is 0 Å². The standard InChI is InChI=1S/C14H24O3/c1-2-13(15)11-17-9-4-3-6-12-7-5-8-14(16)10-12/h10,13,15H,2-9,11H2,1H3. The largest absolute Gasteiger partial charge is 0.391 e. The molecule has 17 heavy (non-hydrogen) atoms. The average molecular weight is 240 g/mol. The number of hydrogen-bond donors (Lipinski definition) is 1. The van der Waals surface area contributed by atoms with E-state index in [2.05, 4.69) is 0 Å². The zero-order valence-corrected chi connectivity index (χ0v) is 10.8. The van der Waals surface area contributed by atoms with Crippen LogP contribution < -0.4 is 0 Å². The molecule has 98 valence electrons. The van der Waals surface area contributed by atoms with E-state index in [0.717, 1.165) is 44.9 Å². The van der Waals surface area contributed by atoms with Gasteiger partial charge in [-0.25, -0.2) is 0 Å². The van der Waals surface area contributed by atoms with Crippen molar-refractivity contribution in [2.45, 2.75) is 58.0 Å². The third-order valence-electron chi connectivity index (χ3n) is 3.10. The summed E-state index contributed by atoms with van der Waals surface area (Å²) in [4.78, 5) is 11.2. The number of ketones is 1. The van der Waals surface area contributed by atoms with Gasteiger partial charge in [0.25, 0.3) is 0 Å². The van der Waals surface area contributed by atoms with Crippen molar-refractivity contribution in [3.05, 3.63) is 11.6 Å². The van der Waals surface area contributed by atoms with Gasteiger partial charge >= 0.3 is 0 Å². The van der Waals surface area contributed by atoms with E-state index in [9.17, 15) is 9.90 Å². The molecule has 0 radical (unpaired) electrons. The smallest absolute Gasteiger partial charge is 0.155 e. The van der Waals surface area contributed by atoms with E-state index in [-0.39, 0.29) is 11.9 Å². The number of aliphatic hydroxyl groups is 1. The Labute approximate surface area is 104 Å². The predicted molar refractivity (Wildman–Crippen MR) is 67.9 cm³/mol. The summed E-state index contributed by atoms with van der Waals surface area (Å²) < 4.78 is 5.36. The lowest BCUT2D eigenvalue weighted by molar-refractivity contribution is -0.115. The van der Waals surface area contributed by atoms with Gasteiger partial charge in [-0.05, 0) is 44.6 Å². The van der Waals surface area contributed by atoms with Crippen LogP contribution in [-0.4, -0.2) is 30.2 Å². The van der Waals surface area contributed by atoms with Crippen molar-refractivity contribution in [3.8, 4) is 0 Å². The van der Waals surface area contributed by atoms with Gasteiger partial charge in [0.05, 0.1) is 12.7 Å². The molecule has 1 aliphatic rings. The summed E-state index contributed by atoms with van der Waals surface area (Å²) in [5.41, 5.74) is 1.30. The van der Waals surface area contributed by atoms with E-state index in [4.69, 9.17) is 4.74 Å².